The summed E-state index contributed by atoms with van der Waals surface area (Å²) in [7, 11) is 0. The highest BCUT2D eigenvalue weighted by atomic mass is 16.5. The largest absolute Gasteiger partial charge is 0.508 e. The van der Waals surface area contributed by atoms with Gasteiger partial charge in [-0.2, -0.15) is 4.98 Å². The SMILES string of the molecule is Cc1nc(C(C)(C)NC(=O)c2ccc(C)c(O)c2)no1. The first-order chi connectivity index (χ1) is 9.29. The van der Waals surface area contributed by atoms with E-state index in [4.69, 9.17) is 4.52 Å². The van der Waals surface area contributed by atoms with Crippen LogP contribution in [0.15, 0.2) is 22.7 Å². The number of phenols is 1. The summed E-state index contributed by atoms with van der Waals surface area (Å²) in [6.45, 7) is 7.02. The van der Waals surface area contributed by atoms with E-state index in [1.54, 1.807) is 39.8 Å². The Hall–Kier alpha value is -2.37. The molecule has 0 radical (unpaired) electrons. The Morgan fingerprint density at radius 1 is 1.35 bits per heavy atom. The number of rotatable bonds is 3. The van der Waals surface area contributed by atoms with Crippen LogP contribution < -0.4 is 5.32 Å². The van der Waals surface area contributed by atoms with Crippen LogP contribution in [0.1, 0.15) is 41.5 Å². The number of phenolic OH excluding ortho intramolecular Hbond substituents is 1. The van der Waals surface area contributed by atoms with Gasteiger partial charge in [-0.05, 0) is 38.5 Å². The Morgan fingerprint density at radius 2 is 2.05 bits per heavy atom. The molecule has 0 spiro atoms. The summed E-state index contributed by atoms with van der Waals surface area (Å²) in [4.78, 5) is 16.3. The first-order valence-corrected chi connectivity index (χ1v) is 6.22. The molecule has 0 bridgehead atoms. The third-order valence-electron chi connectivity index (χ3n) is 2.98. The molecule has 0 atom stereocenters. The molecule has 2 rings (SSSR count). The van der Waals surface area contributed by atoms with Crippen LogP contribution in [0.5, 0.6) is 5.75 Å². The van der Waals surface area contributed by atoms with Gasteiger partial charge in [-0.1, -0.05) is 11.2 Å². The fourth-order valence-corrected chi connectivity index (χ4v) is 1.72. The van der Waals surface area contributed by atoms with Crippen molar-refractivity contribution in [3.05, 3.63) is 41.0 Å². The summed E-state index contributed by atoms with van der Waals surface area (Å²) in [5.41, 5.74) is 0.325. The topological polar surface area (TPSA) is 88.2 Å². The number of amides is 1. The van der Waals surface area contributed by atoms with Gasteiger partial charge in [-0.3, -0.25) is 4.79 Å². The zero-order chi connectivity index (χ0) is 14.9. The maximum Gasteiger partial charge on any atom is 0.252 e. The molecule has 0 aliphatic carbocycles. The Balaban J connectivity index is 2.20. The Morgan fingerprint density at radius 3 is 2.60 bits per heavy atom. The molecule has 2 aromatic rings. The van der Waals surface area contributed by atoms with Gasteiger partial charge < -0.3 is 14.9 Å². The van der Waals surface area contributed by atoms with Crippen LogP contribution >= 0.6 is 0 Å². The Kier molecular flexibility index (Phi) is 3.48. The summed E-state index contributed by atoms with van der Waals surface area (Å²) in [5, 5.41) is 16.3. The Bertz CT molecular complexity index is 647. The standard InChI is InChI=1S/C14H17N3O3/c1-8-5-6-10(7-11(8)18)12(19)16-14(3,4)13-15-9(2)20-17-13/h5-7,18H,1-4H3,(H,16,19). The molecular weight excluding hydrogens is 258 g/mol. The molecule has 20 heavy (non-hydrogen) atoms. The van der Waals surface area contributed by atoms with E-state index in [1.165, 1.54) is 6.07 Å². The molecule has 6 nitrogen and oxygen atoms in total. The van der Waals surface area contributed by atoms with Crippen molar-refractivity contribution in [2.24, 2.45) is 0 Å². The van der Waals surface area contributed by atoms with Crippen molar-refractivity contribution in [3.8, 4) is 5.75 Å². The van der Waals surface area contributed by atoms with Crippen molar-refractivity contribution in [1.82, 2.24) is 15.5 Å². The number of carbonyl (C=O) groups is 1. The minimum absolute atomic E-state index is 0.0888. The number of hydrogen-bond acceptors (Lipinski definition) is 5. The van der Waals surface area contributed by atoms with Crippen LogP contribution in [0.25, 0.3) is 0 Å². The van der Waals surface area contributed by atoms with E-state index in [1.807, 2.05) is 0 Å². The lowest BCUT2D eigenvalue weighted by Gasteiger charge is -2.22. The monoisotopic (exact) mass is 275 g/mol. The van der Waals surface area contributed by atoms with Crippen molar-refractivity contribution in [2.75, 3.05) is 0 Å². The number of benzene rings is 1. The second-order valence-corrected chi connectivity index (χ2v) is 5.22. The second-order valence-electron chi connectivity index (χ2n) is 5.22. The van der Waals surface area contributed by atoms with E-state index in [2.05, 4.69) is 15.5 Å². The molecule has 1 aromatic carbocycles. The normalized spacial score (nSPS) is 11.4. The average Bonchev–Trinajstić information content (AvgIpc) is 2.79. The maximum absolute atomic E-state index is 12.2. The van der Waals surface area contributed by atoms with Crippen molar-refractivity contribution >= 4 is 5.91 Å². The lowest BCUT2D eigenvalue weighted by atomic mass is 10.0. The predicted octanol–water partition coefficient (Wildman–Crippen LogP) is 2.06. The summed E-state index contributed by atoms with van der Waals surface area (Å²) in [6.07, 6.45) is 0. The van der Waals surface area contributed by atoms with E-state index in [0.29, 0.717) is 17.3 Å². The van der Waals surface area contributed by atoms with Crippen LogP contribution in [-0.4, -0.2) is 21.2 Å². The van der Waals surface area contributed by atoms with E-state index in [9.17, 15) is 9.90 Å². The first-order valence-electron chi connectivity index (χ1n) is 6.22. The smallest absolute Gasteiger partial charge is 0.252 e. The van der Waals surface area contributed by atoms with Gasteiger partial charge >= 0.3 is 0 Å². The number of hydrogen-bond donors (Lipinski definition) is 2. The zero-order valence-electron chi connectivity index (χ0n) is 11.9. The first kappa shape index (κ1) is 14.0. The molecule has 0 aliphatic rings. The van der Waals surface area contributed by atoms with Crippen LogP contribution in [-0.2, 0) is 5.54 Å². The highest BCUT2D eigenvalue weighted by molar-refractivity contribution is 5.95. The van der Waals surface area contributed by atoms with Gasteiger partial charge in [0.2, 0.25) is 5.89 Å². The molecule has 106 valence electrons. The zero-order valence-corrected chi connectivity index (χ0v) is 11.9. The highest BCUT2D eigenvalue weighted by Gasteiger charge is 2.28. The third kappa shape index (κ3) is 2.79. The highest BCUT2D eigenvalue weighted by Crippen LogP contribution is 2.20. The second kappa shape index (κ2) is 4.96. The van der Waals surface area contributed by atoms with Crippen LogP contribution in [0, 0.1) is 13.8 Å². The molecular formula is C14H17N3O3. The van der Waals surface area contributed by atoms with Crippen molar-refractivity contribution < 1.29 is 14.4 Å². The number of aryl methyl sites for hydroxylation is 2. The summed E-state index contributed by atoms with van der Waals surface area (Å²) in [5.74, 6) is 0.619. The third-order valence-corrected chi connectivity index (χ3v) is 2.98. The summed E-state index contributed by atoms with van der Waals surface area (Å²) in [6, 6.07) is 4.78. The quantitative estimate of drug-likeness (QED) is 0.895. The van der Waals surface area contributed by atoms with Crippen LogP contribution in [0.3, 0.4) is 0 Å². The molecule has 0 unspecified atom stereocenters. The lowest BCUT2D eigenvalue weighted by molar-refractivity contribution is 0.0907. The number of aromatic hydroxyl groups is 1. The number of nitrogens with one attached hydrogen (secondary N) is 1. The molecule has 0 saturated heterocycles. The number of nitrogens with zero attached hydrogens (tertiary/aromatic N) is 2. The van der Waals surface area contributed by atoms with E-state index >= 15 is 0 Å². The molecule has 6 heteroatoms. The molecule has 2 N–H and O–H groups in total. The minimum Gasteiger partial charge on any atom is -0.508 e. The van der Waals surface area contributed by atoms with Gasteiger partial charge in [0.25, 0.3) is 5.91 Å². The molecule has 0 saturated carbocycles. The van der Waals surface area contributed by atoms with Gasteiger partial charge in [0.15, 0.2) is 5.82 Å². The number of aromatic nitrogens is 2. The van der Waals surface area contributed by atoms with E-state index < -0.39 is 5.54 Å². The van der Waals surface area contributed by atoms with Gasteiger partial charge in [-0.25, -0.2) is 0 Å². The molecule has 0 aliphatic heterocycles. The van der Waals surface area contributed by atoms with Gasteiger partial charge in [0.1, 0.15) is 5.75 Å². The van der Waals surface area contributed by atoms with Gasteiger partial charge in [0, 0.05) is 12.5 Å². The minimum atomic E-state index is -0.769. The molecule has 1 amide bonds. The molecule has 0 fully saturated rings. The lowest BCUT2D eigenvalue weighted by Crippen LogP contribution is -2.41. The molecule has 1 aromatic heterocycles. The maximum atomic E-state index is 12.2. The summed E-state index contributed by atoms with van der Waals surface area (Å²) < 4.78 is 4.92. The fraction of sp³-hybridized carbons (Fsp3) is 0.357. The van der Waals surface area contributed by atoms with Crippen LogP contribution in [0.2, 0.25) is 0 Å². The van der Waals surface area contributed by atoms with Gasteiger partial charge in [0.05, 0.1) is 5.54 Å². The van der Waals surface area contributed by atoms with Crippen molar-refractivity contribution in [1.29, 1.82) is 0 Å². The average molecular weight is 275 g/mol. The van der Waals surface area contributed by atoms with E-state index in [-0.39, 0.29) is 11.7 Å². The summed E-state index contributed by atoms with van der Waals surface area (Å²) >= 11 is 0. The number of carbonyl (C=O) groups excluding carboxylic acids is 1. The van der Waals surface area contributed by atoms with Crippen molar-refractivity contribution in [3.63, 3.8) is 0 Å². The van der Waals surface area contributed by atoms with Crippen LogP contribution in [0.4, 0.5) is 0 Å². The predicted molar refractivity (Wildman–Crippen MR) is 72.4 cm³/mol. The van der Waals surface area contributed by atoms with Crippen molar-refractivity contribution in [2.45, 2.75) is 33.2 Å². The Labute approximate surface area is 116 Å². The molecule has 1 heterocycles. The fourth-order valence-electron chi connectivity index (χ4n) is 1.72. The van der Waals surface area contributed by atoms with Gasteiger partial charge in [-0.15, -0.1) is 0 Å². The van der Waals surface area contributed by atoms with E-state index in [0.717, 1.165) is 5.56 Å².